The highest BCUT2D eigenvalue weighted by molar-refractivity contribution is 9.10. The van der Waals surface area contributed by atoms with Crippen molar-refractivity contribution < 1.29 is 9.53 Å². The van der Waals surface area contributed by atoms with E-state index >= 15 is 0 Å². The smallest absolute Gasteiger partial charge is 0.361 e. The number of aromatic amines is 1. The minimum absolute atomic E-state index is 0.170. The topological polar surface area (TPSA) is 85.7 Å². The number of nitrogens with zero attached hydrogens (tertiary/aromatic N) is 4. The number of halogens is 1. The van der Waals surface area contributed by atoms with Crippen molar-refractivity contribution in [3.05, 3.63) is 47.1 Å². The summed E-state index contributed by atoms with van der Waals surface area (Å²) in [6.45, 7) is 2.03. The van der Waals surface area contributed by atoms with Crippen LogP contribution in [0.4, 0.5) is 0 Å². The average Bonchev–Trinajstić information content (AvgIpc) is 3.19. The lowest BCUT2D eigenvalue weighted by molar-refractivity contribution is 0.0520. The molecule has 0 aliphatic rings. The van der Waals surface area contributed by atoms with Crippen molar-refractivity contribution in [1.29, 1.82) is 0 Å². The van der Waals surface area contributed by atoms with Crippen LogP contribution in [0.5, 0.6) is 0 Å². The number of imidazole rings is 1. The van der Waals surface area contributed by atoms with E-state index in [1.54, 1.807) is 19.4 Å². The van der Waals surface area contributed by atoms with Gasteiger partial charge in [-0.3, -0.25) is 0 Å². The molecule has 0 saturated heterocycles. The maximum Gasteiger partial charge on any atom is 0.361 e. The third-order valence-corrected chi connectivity index (χ3v) is 3.66. The fourth-order valence-electron chi connectivity index (χ4n) is 2.04. The zero-order valence-electron chi connectivity index (χ0n) is 11.7. The number of aromatic nitrogens is 5. The van der Waals surface area contributed by atoms with E-state index in [0.717, 1.165) is 15.7 Å². The Morgan fingerprint density at radius 1 is 1.41 bits per heavy atom. The van der Waals surface area contributed by atoms with Crippen LogP contribution in [0, 0.1) is 0 Å². The lowest BCUT2D eigenvalue weighted by atomic mass is 10.1. The van der Waals surface area contributed by atoms with Gasteiger partial charge in [0.2, 0.25) is 0 Å². The zero-order valence-corrected chi connectivity index (χ0v) is 13.2. The number of carbonyl (C=O) groups excluding carboxylic acids is 1. The highest BCUT2D eigenvalue weighted by Gasteiger charge is 2.19. The molecule has 0 aliphatic carbocycles. The number of nitrogens with one attached hydrogen (secondary N) is 1. The first-order valence-electron chi connectivity index (χ1n) is 6.57. The second-order valence-corrected chi connectivity index (χ2v) is 5.23. The molecule has 22 heavy (non-hydrogen) atoms. The van der Waals surface area contributed by atoms with E-state index in [4.69, 9.17) is 4.74 Å². The van der Waals surface area contributed by atoms with Gasteiger partial charge in [-0.1, -0.05) is 6.07 Å². The molecule has 0 unspecified atom stereocenters. The summed E-state index contributed by atoms with van der Waals surface area (Å²) in [4.78, 5) is 15.9. The SMILES string of the molecule is CCOC(=O)c1n[nH]nc1-c1ccc(-n2ccnc2)c(Br)c1. The maximum atomic E-state index is 11.9. The Morgan fingerprint density at radius 2 is 2.27 bits per heavy atom. The molecular formula is C14H12BrN5O2. The normalized spacial score (nSPS) is 10.6. The minimum Gasteiger partial charge on any atom is -0.461 e. The van der Waals surface area contributed by atoms with Gasteiger partial charge in [-0.25, -0.2) is 9.78 Å². The fourth-order valence-corrected chi connectivity index (χ4v) is 2.62. The van der Waals surface area contributed by atoms with Gasteiger partial charge in [-0.05, 0) is 35.0 Å². The monoisotopic (exact) mass is 361 g/mol. The zero-order chi connectivity index (χ0) is 15.5. The Hall–Kier alpha value is -2.48. The number of hydrogen-bond donors (Lipinski definition) is 1. The van der Waals surface area contributed by atoms with Crippen molar-refractivity contribution >= 4 is 21.9 Å². The summed E-state index contributed by atoms with van der Waals surface area (Å²) < 4.78 is 7.70. The lowest BCUT2D eigenvalue weighted by Gasteiger charge is -2.07. The molecular weight excluding hydrogens is 350 g/mol. The van der Waals surface area contributed by atoms with Gasteiger partial charge in [-0.2, -0.15) is 10.3 Å². The average molecular weight is 362 g/mol. The van der Waals surface area contributed by atoms with Crippen molar-refractivity contribution in [3.8, 4) is 16.9 Å². The molecule has 0 amide bonds. The Morgan fingerprint density at radius 3 is 2.95 bits per heavy atom. The summed E-state index contributed by atoms with van der Waals surface area (Å²) in [7, 11) is 0. The molecule has 0 fully saturated rings. The van der Waals surface area contributed by atoms with Crippen LogP contribution in [0.15, 0.2) is 41.4 Å². The highest BCUT2D eigenvalue weighted by Crippen LogP contribution is 2.28. The van der Waals surface area contributed by atoms with E-state index in [2.05, 4.69) is 36.3 Å². The van der Waals surface area contributed by atoms with E-state index in [9.17, 15) is 4.79 Å². The van der Waals surface area contributed by atoms with E-state index in [0.29, 0.717) is 5.69 Å². The van der Waals surface area contributed by atoms with Crippen LogP contribution in [-0.2, 0) is 4.74 Å². The third-order valence-electron chi connectivity index (χ3n) is 3.02. The van der Waals surface area contributed by atoms with E-state index in [1.807, 2.05) is 29.0 Å². The van der Waals surface area contributed by atoms with Crippen LogP contribution >= 0.6 is 15.9 Å². The van der Waals surface area contributed by atoms with Gasteiger partial charge < -0.3 is 9.30 Å². The molecule has 7 nitrogen and oxygen atoms in total. The van der Waals surface area contributed by atoms with Crippen molar-refractivity contribution in [2.75, 3.05) is 6.61 Å². The Balaban J connectivity index is 1.99. The largest absolute Gasteiger partial charge is 0.461 e. The van der Waals surface area contributed by atoms with E-state index in [-0.39, 0.29) is 12.3 Å². The van der Waals surface area contributed by atoms with Gasteiger partial charge in [0.05, 0.1) is 18.6 Å². The molecule has 8 heteroatoms. The number of carbonyl (C=O) groups is 1. The number of H-pyrrole nitrogens is 1. The quantitative estimate of drug-likeness (QED) is 0.721. The van der Waals surface area contributed by atoms with Crippen LogP contribution in [-0.4, -0.2) is 37.5 Å². The summed E-state index contributed by atoms with van der Waals surface area (Å²) in [5.41, 5.74) is 2.32. The second-order valence-electron chi connectivity index (χ2n) is 4.38. The molecule has 1 N–H and O–H groups in total. The van der Waals surface area contributed by atoms with Gasteiger partial charge in [-0.15, -0.1) is 5.10 Å². The molecule has 0 aliphatic heterocycles. The van der Waals surface area contributed by atoms with E-state index in [1.165, 1.54) is 0 Å². The standard InChI is InChI=1S/C14H12BrN5O2/c1-2-22-14(21)13-12(17-19-18-13)9-3-4-11(10(15)7-9)20-6-5-16-8-20/h3-8H,2H2,1H3,(H,17,18,19). The van der Waals surface area contributed by atoms with Gasteiger partial charge in [0.25, 0.3) is 0 Å². The van der Waals surface area contributed by atoms with Gasteiger partial charge in [0, 0.05) is 22.4 Å². The van der Waals surface area contributed by atoms with Crippen LogP contribution in [0.25, 0.3) is 16.9 Å². The number of rotatable bonds is 4. The summed E-state index contributed by atoms with van der Waals surface area (Å²) in [5, 5.41) is 10.4. The molecule has 2 aromatic heterocycles. The van der Waals surface area contributed by atoms with Crippen LogP contribution < -0.4 is 0 Å². The Kier molecular flexibility index (Phi) is 4.01. The van der Waals surface area contributed by atoms with Crippen LogP contribution in [0.2, 0.25) is 0 Å². The highest BCUT2D eigenvalue weighted by atomic mass is 79.9. The first kappa shape index (κ1) is 14.5. The molecule has 0 saturated carbocycles. The predicted molar refractivity (Wildman–Crippen MR) is 82.6 cm³/mol. The van der Waals surface area contributed by atoms with Gasteiger partial charge >= 0.3 is 5.97 Å². The molecule has 0 bridgehead atoms. The third kappa shape index (κ3) is 2.64. The van der Waals surface area contributed by atoms with E-state index < -0.39 is 5.97 Å². The summed E-state index contributed by atoms with van der Waals surface area (Å²) in [6, 6.07) is 5.64. The van der Waals surface area contributed by atoms with Crippen LogP contribution in [0.3, 0.4) is 0 Å². The molecule has 2 heterocycles. The Bertz CT molecular complexity index is 797. The number of benzene rings is 1. The van der Waals surface area contributed by atoms with Crippen molar-refractivity contribution in [2.45, 2.75) is 6.92 Å². The molecule has 0 atom stereocenters. The molecule has 0 radical (unpaired) electrons. The van der Waals surface area contributed by atoms with Gasteiger partial charge in [0.15, 0.2) is 5.69 Å². The van der Waals surface area contributed by atoms with Crippen LogP contribution in [0.1, 0.15) is 17.4 Å². The molecule has 3 rings (SSSR count). The summed E-state index contributed by atoms with van der Waals surface area (Å²) in [5.74, 6) is -0.499. The number of esters is 1. The molecule has 112 valence electrons. The number of ether oxygens (including phenoxy) is 1. The van der Waals surface area contributed by atoms with Crippen molar-refractivity contribution in [3.63, 3.8) is 0 Å². The predicted octanol–water partition coefficient (Wildman–Crippen LogP) is 2.60. The molecule has 1 aromatic carbocycles. The molecule has 3 aromatic rings. The first-order chi connectivity index (χ1) is 10.7. The van der Waals surface area contributed by atoms with Gasteiger partial charge in [0.1, 0.15) is 5.69 Å². The summed E-state index contributed by atoms with van der Waals surface area (Å²) >= 11 is 3.52. The second kappa shape index (κ2) is 6.10. The number of hydrogen-bond acceptors (Lipinski definition) is 5. The summed E-state index contributed by atoms with van der Waals surface area (Å²) in [6.07, 6.45) is 5.26. The first-order valence-corrected chi connectivity index (χ1v) is 7.36. The van der Waals surface area contributed by atoms with Crippen molar-refractivity contribution in [1.82, 2.24) is 25.0 Å². The fraction of sp³-hybridized carbons (Fsp3) is 0.143. The Labute approximate surface area is 134 Å². The minimum atomic E-state index is -0.499. The molecule has 0 spiro atoms. The maximum absolute atomic E-state index is 11.9. The lowest BCUT2D eigenvalue weighted by Crippen LogP contribution is -2.06. The van der Waals surface area contributed by atoms with Crippen molar-refractivity contribution in [2.24, 2.45) is 0 Å².